The van der Waals surface area contributed by atoms with Gasteiger partial charge >= 0.3 is 0 Å². The zero-order chi connectivity index (χ0) is 15.5. The Labute approximate surface area is 131 Å². The van der Waals surface area contributed by atoms with Crippen molar-refractivity contribution in [3.63, 3.8) is 0 Å². The maximum atomic E-state index is 9.86. The summed E-state index contributed by atoms with van der Waals surface area (Å²) in [6.45, 7) is 6.43. The van der Waals surface area contributed by atoms with Crippen LogP contribution in [0.15, 0.2) is 34.4 Å². The van der Waals surface area contributed by atoms with Gasteiger partial charge in [-0.25, -0.2) is 0 Å². The molecule has 0 saturated heterocycles. The number of halogens is 1. The van der Waals surface area contributed by atoms with Crippen LogP contribution in [-0.2, 0) is 6.42 Å². The van der Waals surface area contributed by atoms with Crippen LogP contribution in [0.5, 0.6) is 0 Å². The Morgan fingerprint density at radius 3 is 2.38 bits per heavy atom. The molecule has 0 spiro atoms. The summed E-state index contributed by atoms with van der Waals surface area (Å²) in [5.74, 6) is 0. The van der Waals surface area contributed by atoms with E-state index in [1.807, 2.05) is 30.6 Å². The maximum absolute atomic E-state index is 9.86. The second-order valence-corrected chi connectivity index (χ2v) is 6.84. The summed E-state index contributed by atoms with van der Waals surface area (Å²) in [4.78, 5) is 4.17. The van der Waals surface area contributed by atoms with E-state index in [2.05, 4.69) is 30.9 Å². The summed E-state index contributed by atoms with van der Waals surface area (Å²) in [7, 11) is 0. The van der Waals surface area contributed by atoms with Gasteiger partial charge in [-0.05, 0) is 44.9 Å². The number of aliphatic imine (C=N–C) groups is 1. The van der Waals surface area contributed by atoms with E-state index in [9.17, 15) is 5.11 Å². The topological polar surface area (TPSA) is 45.0 Å². The summed E-state index contributed by atoms with van der Waals surface area (Å²) < 4.78 is 0.344. The third kappa shape index (κ3) is 3.34. The van der Waals surface area contributed by atoms with Gasteiger partial charge in [-0.15, -0.1) is 4.59 Å². The molecule has 2 atom stereocenters. The molecule has 0 aliphatic carbocycles. The molecule has 1 heterocycles. The molecule has 1 N–H and O–H groups in total. The highest BCUT2D eigenvalue weighted by Crippen LogP contribution is 2.31. The van der Waals surface area contributed by atoms with E-state index >= 15 is 0 Å². The van der Waals surface area contributed by atoms with Crippen molar-refractivity contribution in [1.29, 1.82) is 0 Å². The minimum absolute atomic E-state index is 0.0109. The normalized spacial score (nSPS) is 22.7. The quantitative estimate of drug-likeness (QED) is 0.834. The number of rotatable bonds is 5. The predicted octanol–water partition coefficient (Wildman–Crippen LogP) is 3.23. The van der Waals surface area contributed by atoms with Crippen molar-refractivity contribution >= 4 is 24.3 Å². The van der Waals surface area contributed by atoms with Gasteiger partial charge in [0.2, 0.25) is 6.34 Å². The lowest BCUT2D eigenvalue weighted by Crippen LogP contribution is -2.61. The van der Waals surface area contributed by atoms with Crippen LogP contribution >= 0.6 is 11.6 Å². The van der Waals surface area contributed by atoms with Gasteiger partial charge in [0.05, 0.1) is 6.61 Å². The second-order valence-electron chi connectivity index (χ2n) is 6.41. The molecule has 0 bridgehead atoms. The molecule has 2 unspecified atom stereocenters. The summed E-state index contributed by atoms with van der Waals surface area (Å²) >= 11 is 5.91. The third-order valence-electron chi connectivity index (χ3n) is 4.07. The van der Waals surface area contributed by atoms with Crippen LogP contribution in [0.25, 0.3) is 0 Å². The van der Waals surface area contributed by atoms with E-state index in [-0.39, 0.29) is 18.2 Å². The number of aryl methyl sites for hydroxylation is 1. The van der Waals surface area contributed by atoms with Crippen LogP contribution in [0.3, 0.4) is 0 Å². The highest BCUT2D eigenvalue weighted by atomic mass is 35.5. The first-order chi connectivity index (χ1) is 9.89. The average molecular weight is 309 g/mol. The molecule has 4 nitrogen and oxygen atoms in total. The number of hydrogen-bond acceptors (Lipinski definition) is 3. The number of aliphatic hydroxyl groups is 1. The summed E-state index contributed by atoms with van der Waals surface area (Å²) in [5, 5.41) is 15.2. The lowest BCUT2D eigenvalue weighted by atomic mass is 9.97. The molecule has 1 aliphatic rings. The van der Waals surface area contributed by atoms with E-state index in [4.69, 9.17) is 11.6 Å². The first kappa shape index (κ1) is 16.1. The van der Waals surface area contributed by atoms with Crippen molar-refractivity contribution in [2.75, 3.05) is 6.61 Å². The smallest absolute Gasteiger partial charge is 0.219 e. The van der Waals surface area contributed by atoms with Gasteiger partial charge < -0.3 is 5.11 Å². The van der Waals surface area contributed by atoms with Crippen LogP contribution in [-0.4, -0.2) is 40.6 Å². The lowest BCUT2D eigenvalue weighted by Gasteiger charge is -2.42. The van der Waals surface area contributed by atoms with Gasteiger partial charge in [-0.1, -0.05) is 28.8 Å². The Morgan fingerprint density at radius 1 is 1.24 bits per heavy atom. The van der Waals surface area contributed by atoms with E-state index in [1.165, 1.54) is 5.56 Å². The van der Waals surface area contributed by atoms with Crippen molar-refractivity contribution in [2.24, 2.45) is 10.1 Å². The van der Waals surface area contributed by atoms with Gasteiger partial charge in [0.25, 0.3) is 0 Å². The summed E-state index contributed by atoms with van der Waals surface area (Å²) in [6, 6.07) is 7.84. The van der Waals surface area contributed by atoms with Crippen molar-refractivity contribution in [3.8, 4) is 0 Å². The highest BCUT2D eigenvalue weighted by Gasteiger charge is 2.48. The molecule has 0 saturated carbocycles. The minimum Gasteiger partial charge on any atom is -0.390 e. The number of quaternary nitrogens is 1. The molecule has 1 aromatic rings. The van der Waals surface area contributed by atoms with Gasteiger partial charge in [0.15, 0.2) is 6.34 Å². The molecule has 0 aromatic heterocycles. The van der Waals surface area contributed by atoms with Crippen LogP contribution in [0.2, 0.25) is 5.02 Å². The van der Waals surface area contributed by atoms with Crippen molar-refractivity contribution in [1.82, 2.24) is 0 Å². The van der Waals surface area contributed by atoms with Gasteiger partial charge in [0.1, 0.15) is 11.6 Å². The van der Waals surface area contributed by atoms with E-state index in [1.54, 1.807) is 6.34 Å². The molecule has 1 aromatic carbocycles. The fourth-order valence-corrected chi connectivity index (χ4v) is 2.88. The zero-order valence-corrected chi connectivity index (χ0v) is 13.6. The molecular weight excluding hydrogens is 286 g/mol. The van der Waals surface area contributed by atoms with Crippen molar-refractivity contribution < 1.29 is 9.70 Å². The average Bonchev–Trinajstić information content (AvgIpc) is 2.92. The summed E-state index contributed by atoms with van der Waals surface area (Å²) in [6.07, 6.45) is 5.12. The first-order valence-electron chi connectivity index (χ1n) is 7.21. The molecule has 5 heteroatoms. The molecule has 0 amide bonds. The Hall–Kier alpha value is -1.23. The summed E-state index contributed by atoms with van der Waals surface area (Å²) in [5.41, 5.74) is 1.06. The Kier molecular flexibility index (Phi) is 4.81. The molecule has 21 heavy (non-hydrogen) atoms. The van der Waals surface area contributed by atoms with Gasteiger partial charge in [-0.2, -0.15) is 4.99 Å². The Morgan fingerprint density at radius 2 is 1.90 bits per heavy atom. The standard InChI is InChI=1S/C16H23ClN3O/c1-16(2,3)20(12-18-11-19-20)15(10-21)9-6-13-4-7-14(17)8-5-13/h4-5,7-8,11-12,15,21H,6,9-10H2,1-3H3/q+1. The predicted molar refractivity (Wildman–Crippen MR) is 87.6 cm³/mol. The largest absolute Gasteiger partial charge is 0.390 e. The molecule has 0 fully saturated rings. The number of hydrogen-bond donors (Lipinski definition) is 1. The van der Waals surface area contributed by atoms with Gasteiger partial charge in [0, 0.05) is 11.4 Å². The fraction of sp³-hybridized carbons (Fsp3) is 0.500. The lowest BCUT2D eigenvalue weighted by molar-refractivity contribution is -0.912. The Bertz CT molecular complexity index is 519. The van der Waals surface area contributed by atoms with E-state index in [0.717, 1.165) is 17.9 Å². The molecule has 0 radical (unpaired) electrons. The highest BCUT2D eigenvalue weighted by molar-refractivity contribution is 6.30. The number of benzene rings is 1. The van der Waals surface area contributed by atoms with E-state index in [0.29, 0.717) is 4.59 Å². The third-order valence-corrected chi connectivity index (χ3v) is 4.33. The van der Waals surface area contributed by atoms with Gasteiger partial charge in [-0.3, -0.25) is 0 Å². The van der Waals surface area contributed by atoms with Crippen molar-refractivity contribution in [2.45, 2.75) is 45.2 Å². The van der Waals surface area contributed by atoms with Crippen LogP contribution < -0.4 is 0 Å². The maximum Gasteiger partial charge on any atom is 0.219 e. The molecule has 1 aliphatic heterocycles. The minimum atomic E-state index is -0.149. The van der Waals surface area contributed by atoms with E-state index < -0.39 is 0 Å². The molecule has 2 rings (SSSR count). The molecular formula is C16H23ClN3O+. The van der Waals surface area contributed by atoms with Crippen LogP contribution in [0.4, 0.5) is 0 Å². The van der Waals surface area contributed by atoms with Crippen LogP contribution in [0, 0.1) is 0 Å². The Balaban J connectivity index is 2.14. The second kappa shape index (κ2) is 6.26. The first-order valence-corrected chi connectivity index (χ1v) is 7.59. The van der Waals surface area contributed by atoms with Crippen molar-refractivity contribution in [3.05, 3.63) is 34.9 Å². The molecule has 114 valence electrons. The zero-order valence-electron chi connectivity index (χ0n) is 12.8. The SMILES string of the molecule is CC(C)(C)[N+]1(C(CO)CCc2ccc(Cl)cc2)C=NC=N1. The number of aliphatic hydroxyl groups excluding tert-OH is 1. The number of nitrogens with zero attached hydrogens (tertiary/aromatic N) is 3. The monoisotopic (exact) mass is 308 g/mol. The van der Waals surface area contributed by atoms with Crippen LogP contribution in [0.1, 0.15) is 32.8 Å². The fourth-order valence-electron chi connectivity index (χ4n) is 2.76.